The topological polar surface area (TPSA) is 112 Å². The zero-order chi connectivity index (χ0) is 27.6. The monoisotopic (exact) mass is 565 g/mol. The van der Waals surface area contributed by atoms with Crippen molar-refractivity contribution in [3.8, 4) is 5.88 Å². The van der Waals surface area contributed by atoms with Crippen LogP contribution in [0.4, 0.5) is 4.39 Å². The maximum Gasteiger partial charge on any atom is 0.354 e. The number of hydrogen-bond acceptors (Lipinski definition) is 7. The summed E-state index contributed by atoms with van der Waals surface area (Å²) in [6, 6.07) is 10.6. The molecule has 1 N–H and O–H groups in total. The second-order valence-electron chi connectivity index (χ2n) is 10.5. The number of fused-ring (bicyclic) bond motifs is 1. The van der Waals surface area contributed by atoms with Gasteiger partial charge in [0.1, 0.15) is 23.3 Å². The first-order valence-corrected chi connectivity index (χ1v) is 13.9. The molecule has 11 heteroatoms. The highest BCUT2D eigenvalue weighted by Gasteiger charge is 2.28. The number of aromatic carboxylic acids is 1. The molecular weight excluding hydrogens is 537 g/mol. The molecule has 4 aromatic rings. The molecule has 2 fully saturated rings. The van der Waals surface area contributed by atoms with Crippen LogP contribution in [0.2, 0.25) is 5.02 Å². The molecule has 0 unspecified atom stereocenters. The zero-order valence-corrected chi connectivity index (χ0v) is 22.6. The maximum absolute atomic E-state index is 14.5. The van der Waals surface area contributed by atoms with Gasteiger partial charge in [-0.15, -0.1) is 0 Å². The Labute approximate surface area is 235 Å². The van der Waals surface area contributed by atoms with E-state index < -0.39 is 11.8 Å². The third kappa shape index (κ3) is 5.93. The first kappa shape index (κ1) is 26.6. The Balaban J connectivity index is 1.11. The molecule has 2 aliphatic rings. The van der Waals surface area contributed by atoms with E-state index in [0.717, 1.165) is 56.5 Å². The van der Waals surface area contributed by atoms with E-state index in [-0.39, 0.29) is 23.8 Å². The molecule has 9 nitrogen and oxygen atoms in total. The molecule has 0 amide bonds. The average Bonchev–Trinajstić information content (AvgIpc) is 3.26. The first-order valence-electron chi connectivity index (χ1n) is 13.5. The minimum absolute atomic E-state index is 0.000613. The number of aromatic nitrogens is 5. The number of hydrogen-bond donors (Lipinski definition) is 1. The number of carbonyl (C=O) groups is 1. The summed E-state index contributed by atoms with van der Waals surface area (Å²) in [5.74, 6) is 0.103. The molecule has 1 aliphatic carbocycles. The Hall–Kier alpha value is -3.63. The van der Waals surface area contributed by atoms with E-state index in [2.05, 4.69) is 15.0 Å². The normalized spacial score (nSPS) is 20.8. The third-order valence-corrected chi connectivity index (χ3v) is 7.90. The van der Waals surface area contributed by atoms with Crippen LogP contribution in [0.1, 0.15) is 59.8 Å². The summed E-state index contributed by atoms with van der Waals surface area (Å²) in [6.45, 7) is 1.34. The van der Waals surface area contributed by atoms with Crippen LogP contribution < -0.4 is 4.74 Å². The van der Waals surface area contributed by atoms with Gasteiger partial charge in [0.2, 0.25) is 5.82 Å². The molecule has 0 spiro atoms. The quantitative estimate of drug-likeness (QED) is 0.292. The van der Waals surface area contributed by atoms with Gasteiger partial charge < -0.3 is 19.1 Å². The number of imidazole rings is 1. The Morgan fingerprint density at radius 2 is 1.85 bits per heavy atom. The number of nitrogens with zero attached hydrogens (tertiary/aromatic N) is 5. The van der Waals surface area contributed by atoms with Gasteiger partial charge in [-0.3, -0.25) is 0 Å². The second-order valence-corrected chi connectivity index (χ2v) is 10.9. The van der Waals surface area contributed by atoms with Crippen molar-refractivity contribution in [3.05, 3.63) is 76.3 Å². The fourth-order valence-electron chi connectivity index (χ4n) is 5.36. The van der Waals surface area contributed by atoms with Crippen LogP contribution in [0.15, 0.2) is 42.6 Å². The van der Waals surface area contributed by atoms with Gasteiger partial charge in [-0.25, -0.2) is 19.7 Å². The molecule has 1 aromatic carbocycles. The van der Waals surface area contributed by atoms with Crippen molar-refractivity contribution in [2.45, 2.75) is 63.7 Å². The van der Waals surface area contributed by atoms with Crippen molar-refractivity contribution in [2.24, 2.45) is 5.92 Å². The number of benzene rings is 1. The standard InChI is InChI=1S/C29H29ClFN5O4/c30-19-5-1-17(2-6-19)13-25-32-15-22(31)28(35-25)40-20-7-3-18(4-8-20)14-26-33-23-9-10-24(29(37)38)34-27(23)36(26)16-21-11-12-39-21/h1-2,5-6,9-10,15,18,20-21H,3-4,7-8,11-14,16H2,(H,37,38)/t18?,20?,21-/m0/s1. The van der Waals surface area contributed by atoms with Crippen molar-refractivity contribution < 1.29 is 23.8 Å². The maximum atomic E-state index is 14.5. The highest BCUT2D eigenvalue weighted by atomic mass is 35.5. The lowest BCUT2D eigenvalue weighted by Gasteiger charge is -2.30. The predicted octanol–water partition coefficient (Wildman–Crippen LogP) is 5.27. The molecule has 40 heavy (non-hydrogen) atoms. The number of carboxylic acid groups (broad SMARTS) is 1. The van der Waals surface area contributed by atoms with Crippen LogP contribution in [0.3, 0.4) is 0 Å². The zero-order valence-electron chi connectivity index (χ0n) is 21.8. The predicted molar refractivity (Wildman–Crippen MR) is 145 cm³/mol. The number of ether oxygens (including phenoxy) is 2. The summed E-state index contributed by atoms with van der Waals surface area (Å²) in [6.07, 6.45) is 6.61. The van der Waals surface area contributed by atoms with Crippen LogP contribution in [0.5, 0.6) is 5.88 Å². The van der Waals surface area contributed by atoms with Crippen LogP contribution in [-0.2, 0) is 24.1 Å². The van der Waals surface area contributed by atoms with Crippen LogP contribution >= 0.6 is 11.6 Å². The van der Waals surface area contributed by atoms with Crippen molar-refractivity contribution in [1.82, 2.24) is 24.5 Å². The summed E-state index contributed by atoms with van der Waals surface area (Å²) in [5.41, 5.74) is 2.24. The summed E-state index contributed by atoms with van der Waals surface area (Å²) in [7, 11) is 0. The number of pyridine rings is 1. The lowest BCUT2D eigenvalue weighted by molar-refractivity contribution is -0.0591. The Morgan fingerprint density at radius 1 is 1.07 bits per heavy atom. The van der Waals surface area contributed by atoms with Crippen LogP contribution in [-0.4, -0.2) is 54.4 Å². The molecule has 4 heterocycles. The first-order chi connectivity index (χ1) is 19.4. The van der Waals surface area contributed by atoms with E-state index in [4.69, 9.17) is 26.1 Å². The van der Waals surface area contributed by atoms with Gasteiger partial charge >= 0.3 is 5.97 Å². The van der Waals surface area contributed by atoms with Gasteiger partial charge in [-0.05, 0) is 67.9 Å². The lowest BCUT2D eigenvalue weighted by atomic mass is 9.85. The average molecular weight is 566 g/mol. The molecule has 6 rings (SSSR count). The third-order valence-electron chi connectivity index (χ3n) is 7.65. The highest BCUT2D eigenvalue weighted by molar-refractivity contribution is 6.30. The van der Waals surface area contributed by atoms with E-state index in [9.17, 15) is 14.3 Å². The van der Waals surface area contributed by atoms with E-state index >= 15 is 0 Å². The molecule has 1 aliphatic heterocycles. The lowest BCUT2D eigenvalue weighted by Crippen LogP contribution is -2.32. The minimum Gasteiger partial charge on any atom is -0.477 e. The van der Waals surface area contributed by atoms with E-state index in [1.807, 2.05) is 16.7 Å². The molecule has 0 bridgehead atoms. The van der Waals surface area contributed by atoms with Crippen molar-refractivity contribution >= 4 is 28.7 Å². The fraction of sp³-hybridized carbons (Fsp3) is 0.414. The smallest absolute Gasteiger partial charge is 0.354 e. The van der Waals surface area contributed by atoms with Gasteiger partial charge in [0.15, 0.2) is 11.3 Å². The molecular formula is C29H29ClFN5O4. The Bertz CT molecular complexity index is 1520. The van der Waals surface area contributed by atoms with Gasteiger partial charge in [0, 0.05) is 24.5 Å². The second kappa shape index (κ2) is 11.5. The fourth-order valence-corrected chi connectivity index (χ4v) is 5.48. The van der Waals surface area contributed by atoms with E-state index in [1.165, 1.54) is 12.3 Å². The SMILES string of the molecule is O=C(O)c1ccc2nc(CC3CCC(Oc4nc(Cc5ccc(Cl)cc5)ncc4F)CC3)n(C[C@@H]3CCO3)c2n1. The van der Waals surface area contributed by atoms with Crippen LogP contribution in [0.25, 0.3) is 11.2 Å². The summed E-state index contributed by atoms with van der Waals surface area (Å²) in [4.78, 5) is 29.2. The van der Waals surface area contributed by atoms with E-state index in [1.54, 1.807) is 18.2 Å². The summed E-state index contributed by atoms with van der Waals surface area (Å²) in [5, 5.41) is 10.1. The van der Waals surface area contributed by atoms with Crippen molar-refractivity contribution in [3.63, 3.8) is 0 Å². The minimum atomic E-state index is -1.06. The largest absolute Gasteiger partial charge is 0.477 e. The highest BCUT2D eigenvalue weighted by Crippen LogP contribution is 2.31. The summed E-state index contributed by atoms with van der Waals surface area (Å²) >= 11 is 5.96. The Morgan fingerprint density at radius 3 is 2.55 bits per heavy atom. The number of halogens is 2. The van der Waals surface area contributed by atoms with Gasteiger partial charge in [-0.2, -0.15) is 9.37 Å². The molecule has 1 saturated heterocycles. The molecule has 3 aromatic heterocycles. The molecule has 0 radical (unpaired) electrons. The Kier molecular flexibility index (Phi) is 7.62. The number of carboxylic acids is 1. The van der Waals surface area contributed by atoms with Gasteiger partial charge in [-0.1, -0.05) is 23.7 Å². The molecule has 1 atom stereocenters. The van der Waals surface area contributed by atoms with Crippen molar-refractivity contribution in [1.29, 1.82) is 0 Å². The van der Waals surface area contributed by atoms with Gasteiger partial charge in [0.25, 0.3) is 5.88 Å². The van der Waals surface area contributed by atoms with Crippen molar-refractivity contribution in [2.75, 3.05) is 6.61 Å². The molecule has 1 saturated carbocycles. The van der Waals surface area contributed by atoms with Gasteiger partial charge in [0.05, 0.1) is 18.8 Å². The van der Waals surface area contributed by atoms with E-state index in [0.29, 0.717) is 40.9 Å². The molecule has 208 valence electrons. The summed E-state index contributed by atoms with van der Waals surface area (Å²) < 4.78 is 28.2. The number of rotatable bonds is 9. The van der Waals surface area contributed by atoms with Crippen LogP contribution in [0, 0.1) is 11.7 Å².